The molecule has 3 rings (SSSR count). The maximum atomic E-state index is 5.67. The molecule has 0 radical (unpaired) electrons. The quantitative estimate of drug-likeness (QED) is 0.714. The molecule has 0 atom stereocenters. The molecular formula is C16H16N2O. The molecule has 3 aromatic rings. The lowest BCUT2D eigenvalue weighted by atomic mass is 10.1. The van der Waals surface area contributed by atoms with Crippen molar-refractivity contribution in [1.29, 1.82) is 0 Å². The highest BCUT2D eigenvalue weighted by Gasteiger charge is 2.08. The van der Waals surface area contributed by atoms with Gasteiger partial charge in [0.1, 0.15) is 5.52 Å². The second kappa shape index (κ2) is 4.84. The molecule has 2 heterocycles. The summed E-state index contributed by atoms with van der Waals surface area (Å²) in [4.78, 5) is 8.72. The van der Waals surface area contributed by atoms with Gasteiger partial charge in [-0.1, -0.05) is 29.8 Å². The Bertz CT molecular complexity index is 698. The molecule has 0 saturated heterocycles. The summed E-state index contributed by atoms with van der Waals surface area (Å²) >= 11 is 0. The van der Waals surface area contributed by atoms with E-state index in [1.54, 1.807) is 6.20 Å². The largest absolute Gasteiger partial charge is 0.422 e. The lowest BCUT2D eigenvalue weighted by molar-refractivity contribution is 0.520. The van der Waals surface area contributed by atoms with Gasteiger partial charge in [0.25, 0.3) is 0 Å². The smallest absolute Gasteiger partial charge is 0.247 e. The molecule has 0 unspecified atom stereocenters. The number of rotatable bonds is 3. The van der Waals surface area contributed by atoms with Gasteiger partial charge in [0.15, 0.2) is 5.89 Å². The third kappa shape index (κ3) is 2.50. The molecule has 0 saturated carbocycles. The van der Waals surface area contributed by atoms with E-state index in [2.05, 4.69) is 41.2 Å². The average molecular weight is 252 g/mol. The standard InChI is InChI=1S/C16H16N2O/c1-11-3-5-13(6-4-11)7-8-14-18-15-12(2)9-10-17-16(15)19-14/h3-6,9-10H,7-8H2,1-2H3. The van der Waals surface area contributed by atoms with Gasteiger partial charge in [-0.05, 0) is 37.5 Å². The SMILES string of the molecule is Cc1ccc(CCc2nc3c(C)ccnc3o2)cc1. The lowest BCUT2D eigenvalue weighted by Crippen LogP contribution is -1.91. The van der Waals surface area contributed by atoms with Gasteiger partial charge < -0.3 is 4.42 Å². The molecule has 0 aliphatic heterocycles. The zero-order valence-electron chi connectivity index (χ0n) is 11.2. The topological polar surface area (TPSA) is 38.9 Å². The van der Waals surface area contributed by atoms with Crippen LogP contribution in [0.25, 0.3) is 11.2 Å². The van der Waals surface area contributed by atoms with Crippen LogP contribution >= 0.6 is 0 Å². The molecule has 0 amide bonds. The number of oxazole rings is 1. The van der Waals surface area contributed by atoms with E-state index in [-0.39, 0.29) is 0 Å². The first kappa shape index (κ1) is 11.9. The maximum Gasteiger partial charge on any atom is 0.247 e. The number of hydrogen-bond acceptors (Lipinski definition) is 3. The van der Waals surface area contributed by atoms with Gasteiger partial charge in [-0.3, -0.25) is 0 Å². The second-order valence-electron chi connectivity index (χ2n) is 4.87. The van der Waals surface area contributed by atoms with E-state index in [0.717, 1.165) is 29.8 Å². The predicted molar refractivity (Wildman–Crippen MR) is 75.1 cm³/mol. The van der Waals surface area contributed by atoms with Crippen LogP contribution < -0.4 is 0 Å². The summed E-state index contributed by atoms with van der Waals surface area (Å²) in [6, 6.07) is 10.5. The van der Waals surface area contributed by atoms with E-state index in [1.165, 1.54) is 11.1 Å². The third-order valence-corrected chi connectivity index (χ3v) is 3.29. The minimum absolute atomic E-state index is 0.638. The van der Waals surface area contributed by atoms with E-state index < -0.39 is 0 Å². The number of fused-ring (bicyclic) bond motifs is 1. The van der Waals surface area contributed by atoms with E-state index in [1.807, 2.05) is 13.0 Å². The molecule has 0 spiro atoms. The number of aromatic nitrogens is 2. The Balaban J connectivity index is 1.78. The van der Waals surface area contributed by atoms with Crippen LogP contribution in [0.3, 0.4) is 0 Å². The fourth-order valence-corrected chi connectivity index (χ4v) is 2.11. The maximum absolute atomic E-state index is 5.67. The van der Waals surface area contributed by atoms with Gasteiger partial charge in [-0.2, -0.15) is 0 Å². The van der Waals surface area contributed by atoms with Crippen LogP contribution in [0.1, 0.15) is 22.6 Å². The number of nitrogens with zero attached hydrogens (tertiary/aromatic N) is 2. The molecule has 0 N–H and O–H groups in total. The first-order valence-corrected chi connectivity index (χ1v) is 6.49. The van der Waals surface area contributed by atoms with Crippen molar-refractivity contribution >= 4 is 11.2 Å². The summed E-state index contributed by atoms with van der Waals surface area (Å²) in [6.45, 7) is 4.12. The molecule has 1 aromatic carbocycles. The van der Waals surface area contributed by atoms with Crippen LogP contribution in [-0.4, -0.2) is 9.97 Å². The minimum Gasteiger partial charge on any atom is -0.422 e. The molecule has 0 aliphatic carbocycles. The summed E-state index contributed by atoms with van der Waals surface area (Å²) in [7, 11) is 0. The fourth-order valence-electron chi connectivity index (χ4n) is 2.11. The minimum atomic E-state index is 0.638. The van der Waals surface area contributed by atoms with Crippen LogP contribution in [0, 0.1) is 13.8 Å². The zero-order chi connectivity index (χ0) is 13.2. The van der Waals surface area contributed by atoms with Crippen molar-refractivity contribution in [2.75, 3.05) is 0 Å². The van der Waals surface area contributed by atoms with Crippen molar-refractivity contribution < 1.29 is 4.42 Å². The second-order valence-corrected chi connectivity index (χ2v) is 4.87. The van der Waals surface area contributed by atoms with Crippen LogP contribution in [0.2, 0.25) is 0 Å². The molecule has 3 nitrogen and oxygen atoms in total. The summed E-state index contributed by atoms with van der Waals surface area (Å²) in [5.74, 6) is 0.761. The van der Waals surface area contributed by atoms with Crippen molar-refractivity contribution in [2.24, 2.45) is 0 Å². The normalized spacial score (nSPS) is 11.1. The van der Waals surface area contributed by atoms with E-state index in [0.29, 0.717) is 5.71 Å². The molecule has 3 heteroatoms. The highest BCUT2D eigenvalue weighted by molar-refractivity contribution is 5.71. The van der Waals surface area contributed by atoms with Crippen molar-refractivity contribution in [3.63, 3.8) is 0 Å². The molecule has 0 aliphatic rings. The predicted octanol–water partition coefficient (Wildman–Crippen LogP) is 3.62. The van der Waals surface area contributed by atoms with Gasteiger partial charge in [-0.25, -0.2) is 9.97 Å². The van der Waals surface area contributed by atoms with Gasteiger partial charge in [-0.15, -0.1) is 0 Å². The van der Waals surface area contributed by atoms with Crippen LogP contribution in [0.5, 0.6) is 0 Å². The van der Waals surface area contributed by atoms with Gasteiger partial charge in [0.2, 0.25) is 5.71 Å². The molecule has 0 fully saturated rings. The molecular weight excluding hydrogens is 236 g/mol. The van der Waals surface area contributed by atoms with E-state index in [9.17, 15) is 0 Å². The van der Waals surface area contributed by atoms with Gasteiger partial charge >= 0.3 is 0 Å². The first-order chi connectivity index (χ1) is 9.22. The van der Waals surface area contributed by atoms with E-state index in [4.69, 9.17) is 4.42 Å². The lowest BCUT2D eigenvalue weighted by Gasteiger charge is -1.99. The summed E-state index contributed by atoms with van der Waals surface area (Å²) in [5.41, 5.74) is 5.21. The van der Waals surface area contributed by atoms with Gasteiger partial charge in [0, 0.05) is 12.6 Å². The Morgan fingerprint density at radius 2 is 1.79 bits per heavy atom. The summed E-state index contributed by atoms with van der Waals surface area (Å²) in [5, 5.41) is 0. The third-order valence-electron chi connectivity index (χ3n) is 3.29. The zero-order valence-corrected chi connectivity index (χ0v) is 11.2. The number of hydrogen-bond donors (Lipinski definition) is 0. The van der Waals surface area contributed by atoms with Crippen molar-refractivity contribution in [3.05, 3.63) is 59.1 Å². The van der Waals surface area contributed by atoms with Crippen LogP contribution in [-0.2, 0) is 12.8 Å². The van der Waals surface area contributed by atoms with E-state index >= 15 is 0 Å². The summed E-state index contributed by atoms with van der Waals surface area (Å²) in [6.07, 6.45) is 3.50. The Hall–Kier alpha value is -2.16. The Morgan fingerprint density at radius 3 is 2.53 bits per heavy atom. The highest BCUT2D eigenvalue weighted by Crippen LogP contribution is 2.17. The van der Waals surface area contributed by atoms with Gasteiger partial charge in [0.05, 0.1) is 0 Å². The Morgan fingerprint density at radius 1 is 1.00 bits per heavy atom. The van der Waals surface area contributed by atoms with Crippen molar-refractivity contribution in [1.82, 2.24) is 9.97 Å². The summed E-state index contributed by atoms with van der Waals surface area (Å²) < 4.78 is 5.67. The first-order valence-electron chi connectivity index (χ1n) is 6.49. The average Bonchev–Trinajstić information content (AvgIpc) is 2.83. The number of aryl methyl sites for hydroxylation is 4. The van der Waals surface area contributed by atoms with Crippen LogP contribution in [0.15, 0.2) is 40.9 Å². The molecule has 96 valence electrons. The molecule has 0 bridgehead atoms. The number of benzene rings is 1. The Labute approximate surface area is 112 Å². The van der Waals surface area contributed by atoms with Crippen LogP contribution in [0.4, 0.5) is 0 Å². The van der Waals surface area contributed by atoms with Crippen molar-refractivity contribution in [3.8, 4) is 0 Å². The Kier molecular flexibility index (Phi) is 3.03. The monoisotopic (exact) mass is 252 g/mol. The molecule has 19 heavy (non-hydrogen) atoms. The van der Waals surface area contributed by atoms with Crippen molar-refractivity contribution in [2.45, 2.75) is 26.7 Å². The fraction of sp³-hybridized carbons (Fsp3) is 0.250. The molecule has 2 aromatic heterocycles. The highest BCUT2D eigenvalue weighted by atomic mass is 16.4. The number of pyridine rings is 1.